The van der Waals surface area contributed by atoms with Crippen molar-refractivity contribution in [2.24, 2.45) is 5.92 Å². The second kappa shape index (κ2) is 7.22. The van der Waals surface area contributed by atoms with Gasteiger partial charge >= 0.3 is 4.87 Å². The number of nitrogens with zero attached hydrogens (tertiary/aromatic N) is 2. The maximum absolute atomic E-state index is 13.0. The molecule has 0 bridgehead atoms. The summed E-state index contributed by atoms with van der Waals surface area (Å²) in [7, 11) is -3.52. The smallest absolute Gasteiger partial charge is 0.294 e. The van der Waals surface area contributed by atoms with E-state index in [9.17, 15) is 13.2 Å². The molecule has 1 aliphatic rings. The van der Waals surface area contributed by atoms with Crippen molar-refractivity contribution in [3.63, 3.8) is 0 Å². The van der Waals surface area contributed by atoms with E-state index in [1.807, 2.05) is 30.3 Å². The number of hydrogen-bond donors (Lipinski definition) is 0. The highest BCUT2D eigenvalue weighted by Crippen LogP contribution is 2.27. The minimum absolute atomic E-state index is 0.0741. The minimum atomic E-state index is -3.52. The summed E-state index contributed by atoms with van der Waals surface area (Å²) in [5, 5.41) is 0. The van der Waals surface area contributed by atoms with Crippen LogP contribution in [0, 0.1) is 5.92 Å². The summed E-state index contributed by atoms with van der Waals surface area (Å²) in [5.74, 6) is 0.375. The number of thiazole rings is 1. The number of aromatic nitrogens is 1. The molecule has 7 heteroatoms. The maximum atomic E-state index is 13.0. The third-order valence-electron chi connectivity index (χ3n) is 5.08. The molecule has 2 aromatic carbocycles. The molecule has 0 unspecified atom stereocenters. The molecule has 0 spiro atoms. The number of sulfonamides is 1. The Morgan fingerprint density at radius 3 is 2.67 bits per heavy atom. The molecule has 5 nitrogen and oxygen atoms in total. The van der Waals surface area contributed by atoms with Gasteiger partial charge in [0.15, 0.2) is 0 Å². The first-order valence-electron chi connectivity index (χ1n) is 9.12. The highest BCUT2D eigenvalue weighted by atomic mass is 32.2. The topological polar surface area (TPSA) is 59.4 Å². The average molecular weight is 403 g/mol. The minimum Gasteiger partial charge on any atom is -0.294 e. The molecule has 0 N–H and O–H groups in total. The molecule has 1 atom stereocenters. The molecule has 0 amide bonds. The fourth-order valence-corrected chi connectivity index (χ4v) is 6.27. The summed E-state index contributed by atoms with van der Waals surface area (Å²) >= 11 is 1.10. The van der Waals surface area contributed by atoms with Crippen molar-refractivity contribution >= 4 is 31.6 Å². The summed E-state index contributed by atoms with van der Waals surface area (Å²) in [6.45, 7) is 3.69. The van der Waals surface area contributed by atoms with Gasteiger partial charge < -0.3 is 0 Å². The predicted molar refractivity (Wildman–Crippen MR) is 109 cm³/mol. The van der Waals surface area contributed by atoms with Crippen LogP contribution in [0.3, 0.4) is 0 Å². The van der Waals surface area contributed by atoms with E-state index in [2.05, 4.69) is 6.92 Å². The van der Waals surface area contributed by atoms with Crippen LogP contribution >= 0.6 is 11.3 Å². The van der Waals surface area contributed by atoms with Crippen LogP contribution in [0.2, 0.25) is 0 Å². The molecule has 27 heavy (non-hydrogen) atoms. The zero-order valence-corrected chi connectivity index (χ0v) is 16.8. The van der Waals surface area contributed by atoms with Gasteiger partial charge in [-0.25, -0.2) is 8.42 Å². The summed E-state index contributed by atoms with van der Waals surface area (Å²) in [6, 6.07) is 14.8. The van der Waals surface area contributed by atoms with Crippen LogP contribution < -0.4 is 4.87 Å². The van der Waals surface area contributed by atoms with E-state index in [0.29, 0.717) is 30.3 Å². The highest BCUT2D eigenvalue weighted by molar-refractivity contribution is 7.89. The van der Waals surface area contributed by atoms with E-state index in [-0.39, 0.29) is 9.77 Å². The van der Waals surface area contributed by atoms with Crippen molar-refractivity contribution < 1.29 is 8.42 Å². The molecule has 142 valence electrons. The van der Waals surface area contributed by atoms with Crippen LogP contribution in [-0.4, -0.2) is 30.4 Å². The molecule has 1 aromatic heterocycles. The molecule has 0 saturated carbocycles. The van der Waals surface area contributed by atoms with Crippen LogP contribution in [-0.2, 0) is 16.6 Å². The number of benzene rings is 2. The molecule has 4 rings (SSSR count). The number of hydrogen-bond acceptors (Lipinski definition) is 4. The van der Waals surface area contributed by atoms with Gasteiger partial charge in [0.2, 0.25) is 10.0 Å². The van der Waals surface area contributed by atoms with Gasteiger partial charge in [0.05, 0.1) is 21.7 Å². The molecule has 0 radical (unpaired) electrons. The molecule has 1 saturated heterocycles. The van der Waals surface area contributed by atoms with Crippen LogP contribution in [0.15, 0.2) is 58.2 Å². The van der Waals surface area contributed by atoms with Crippen molar-refractivity contribution in [3.05, 3.63) is 63.8 Å². The first kappa shape index (κ1) is 18.4. The Hall–Kier alpha value is -1.96. The van der Waals surface area contributed by atoms with E-state index >= 15 is 0 Å². The van der Waals surface area contributed by atoms with Crippen molar-refractivity contribution in [2.75, 3.05) is 13.1 Å². The van der Waals surface area contributed by atoms with Crippen LogP contribution in [0.1, 0.15) is 25.3 Å². The molecule has 1 aliphatic heterocycles. The zero-order valence-electron chi connectivity index (χ0n) is 15.2. The second-order valence-electron chi connectivity index (χ2n) is 7.18. The third-order valence-corrected chi connectivity index (χ3v) is 7.88. The van der Waals surface area contributed by atoms with Crippen LogP contribution in [0.25, 0.3) is 10.2 Å². The summed E-state index contributed by atoms with van der Waals surface area (Å²) in [6.07, 6.45) is 1.96. The predicted octanol–water partition coefficient (Wildman–Crippen LogP) is 3.53. The average Bonchev–Trinajstić information content (AvgIpc) is 2.97. The molecular weight excluding hydrogens is 380 g/mol. The van der Waals surface area contributed by atoms with Gasteiger partial charge in [-0.2, -0.15) is 4.31 Å². The Morgan fingerprint density at radius 2 is 1.93 bits per heavy atom. The number of piperidine rings is 1. The van der Waals surface area contributed by atoms with Gasteiger partial charge in [-0.15, -0.1) is 0 Å². The van der Waals surface area contributed by atoms with E-state index in [4.69, 9.17) is 0 Å². The molecule has 2 heterocycles. The maximum Gasteiger partial charge on any atom is 0.308 e. The summed E-state index contributed by atoms with van der Waals surface area (Å²) in [4.78, 5) is 12.7. The SMILES string of the molecule is C[C@@H]1CCCN(S(=O)(=O)c2ccc3c(c2)sc(=O)n3Cc2ccccc2)C1. The van der Waals surface area contributed by atoms with Gasteiger partial charge in [-0.1, -0.05) is 48.6 Å². The standard InChI is InChI=1S/C20H22N2O3S2/c1-15-6-5-11-21(13-15)27(24,25)17-9-10-18-19(12-17)26-20(23)22(18)14-16-7-3-2-4-8-16/h2-4,7-10,12,15H,5-6,11,13-14H2,1H3/t15-/m1/s1. The van der Waals surface area contributed by atoms with Gasteiger partial charge in [-0.3, -0.25) is 9.36 Å². The van der Waals surface area contributed by atoms with Crippen LogP contribution in [0.4, 0.5) is 0 Å². The van der Waals surface area contributed by atoms with E-state index in [0.717, 1.165) is 35.3 Å². The Balaban J connectivity index is 1.70. The van der Waals surface area contributed by atoms with Gasteiger partial charge in [0.1, 0.15) is 0 Å². The Labute approximate surface area is 162 Å². The Morgan fingerprint density at radius 1 is 1.15 bits per heavy atom. The lowest BCUT2D eigenvalue weighted by atomic mass is 10.0. The summed E-state index contributed by atoms with van der Waals surface area (Å²) < 4.78 is 30.0. The van der Waals surface area contributed by atoms with Crippen molar-refractivity contribution in [3.8, 4) is 0 Å². The molecule has 0 aliphatic carbocycles. The molecular formula is C20H22N2O3S2. The lowest BCUT2D eigenvalue weighted by Crippen LogP contribution is -2.39. The van der Waals surface area contributed by atoms with Crippen molar-refractivity contribution in [1.29, 1.82) is 0 Å². The molecule has 3 aromatic rings. The normalized spacial score (nSPS) is 18.8. The van der Waals surface area contributed by atoms with E-state index in [1.54, 1.807) is 27.1 Å². The van der Waals surface area contributed by atoms with Crippen molar-refractivity contribution in [1.82, 2.24) is 8.87 Å². The first-order chi connectivity index (χ1) is 12.9. The second-order valence-corrected chi connectivity index (χ2v) is 10.1. The van der Waals surface area contributed by atoms with E-state index in [1.165, 1.54) is 0 Å². The number of rotatable bonds is 4. The van der Waals surface area contributed by atoms with Gasteiger partial charge in [0.25, 0.3) is 0 Å². The Kier molecular flexibility index (Phi) is 4.92. The fraction of sp³-hybridized carbons (Fsp3) is 0.350. The largest absolute Gasteiger partial charge is 0.308 e. The fourth-order valence-electron chi connectivity index (χ4n) is 3.64. The van der Waals surface area contributed by atoms with Crippen LogP contribution in [0.5, 0.6) is 0 Å². The van der Waals surface area contributed by atoms with Gasteiger partial charge in [0, 0.05) is 13.1 Å². The Bertz CT molecular complexity index is 1120. The monoisotopic (exact) mass is 402 g/mol. The number of fused-ring (bicyclic) bond motifs is 1. The zero-order chi connectivity index (χ0) is 19.0. The first-order valence-corrected chi connectivity index (χ1v) is 11.4. The lowest BCUT2D eigenvalue weighted by molar-refractivity contribution is 0.281. The molecule has 1 fully saturated rings. The highest BCUT2D eigenvalue weighted by Gasteiger charge is 2.29. The van der Waals surface area contributed by atoms with Crippen molar-refractivity contribution in [2.45, 2.75) is 31.2 Å². The third kappa shape index (κ3) is 3.59. The quantitative estimate of drug-likeness (QED) is 0.671. The van der Waals surface area contributed by atoms with Gasteiger partial charge in [-0.05, 0) is 42.5 Å². The summed E-state index contributed by atoms with van der Waals surface area (Å²) in [5.41, 5.74) is 1.82. The lowest BCUT2D eigenvalue weighted by Gasteiger charge is -2.30. The van der Waals surface area contributed by atoms with E-state index < -0.39 is 10.0 Å².